The molecule has 1 aliphatic heterocycles. The third-order valence-corrected chi connectivity index (χ3v) is 2.53. The number of carbonyl (C=O) groups excluding carboxylic acids is 1. The zero-order chi connectivity index (χ0) is 9.26. The summed E-state index contributed by atoms with van der Waals surface area (Å²) in [5.74, 6) is 0.254. The van der Waals surface area contributed by atoms with Crippen molar-refractivity contribution in [1.29, 1.82) is 0 Å². The van der Waals surface area contributed by atoms with Crippen LogP contribution < -0.4 is 5.32 Å². The summed E-state index contributed by atoms with van der Waals surface area (Å²) in [5.41, 5.74) is 2.38. The van der Waals surface area contributed by atoms with Gasteiger partial charge in [0, 0.05) is 6.54 Å². The normalized spacial score (nSPS) is 21.6. The van der Waals surface area contributed by atoms with Crippen molar-refractivity contribution in [3.8, 4) is 0 Å². The van der Waals surface area contributed by atoms with Crippen molar-refractivity contribution in [2.24, 2.45) is 0 Å². The van der Waals surface area contributed by atoms with E-state index in [0.717, 1.165) is 18.5 Å². The number of nitrogens with one attached hydrogen (secondary N) is 1. The molecule has 0 bridgehead atoms. The third kappa shape index (κ3) is 1.57. The number of hydrogen-bond acceptors (Lipinski definition) is 1. The third-order valence-electron chi connectivity index (χ3n) is 2.53. The highest BCUT2D eigenvalue weighted by atomic mass is 16.2. The predicted molar refractivity (Wildman–Crippen MR) is 51.5 cm³/mol. The Morgan fingerprint density at radius 3 is 2.54 bits per heavy atom. The van der Waals surface area contributed by atoms with Crippen LogP contribution in [0.4, 0.5) is 0 Å². The summed E-state index contributed by atoms with van der Waals surface area (Å²) < 4.78 is 0. The molecule has 1 aromatic carbocycles. The molecule has 1 saturated heterocycles. The summed E-state index contributed by atoms with van der Waals surface area (Å²) in [6.45, 7) is 2.87. The summed E-state index contributed by atoms with van der Waals surface area (Å²) in [6, 6.07) is 8.21. The van der Waals surface area contributed by atoms with Crippen LogP contribution >= 0.6 is 0 Å². The molecule has 1 heterocycles. The van der Waals surface area contributed by atoms with Crippen molar-refractivity contribution in [3.05, 3.63) is 35.4 Å². The minimum absolute atomic E-state index is 0.0839. The molecule has 1 amide bonds. The molecule has 1 aromatic rings. The van der Waals surface area contributed by atoms with Crippen LogP contribution in [0.5, 0.6) is 0 Å². The van der Waals surface area contributed by atoms with E-state index in [1.54, 1.807) is 0 Å². The average Bonchev–Trinajstić information content (AvgIpc) is 2.53. The minimum Gasteiger partial charge on any atom is -0.356 e. The first-order valence-electron chi connectivity index (χ1n) is 4.61. The van der Waals surface area contributed by atoms with Crippen molar-refractivity contribution in [3.63, 3.8) is 0 Å². The Hall–Kier alpha value is -1.31. The van der Waals surface area contributed by atoms with Crippen molar-refractivity contribution in [2.45, 2.75) is 19.3 Å². The van der Waals surface area contributed by atoms with Crippen LogP contribution in [0.25, 0.3) is 0 Å². The number of amides is 1. The Labute approximate surface area is 78.0 Å². The number of aryl methyl sites for hydroxylation is 1. The highest BCUT2D eigenvalue weighted by Gasteiger charge is 2.25. The molecule has 13 heavy (non-hydrogen) atoms. The lowest BCUT2D eigenvalue weighted by Gasteiger charge is -2.06. The molecular formula is C11H13NO. The van der Waals surface area contributed by atoms with E-state index >= 15 is 0 Å². The lowest BCUT2D eigenvalue weighted by atomic mass is 9.97. The van der Waals surface area contributed by atoms with Gasteiger partial charge in [-0.1, -0.05) is 29.8 Å². The second kappa shape index (κ2) is 3.21. The SMILES string of the molecule is Cc1ccc([C@@H]2CCNC2=O)cc1. The molecule has 2 rings (SSSR count). The first-order chi connectivity index (χ1) is 6.27. The summed E-state index contributed by atoms with van der Waals surface area (Å²) in [5, 5.41) is 2.84. The van der Waals surface area contributed by atoms with E-state index in [4.69, 9.17) is 0 Å². The highest BCUT2D eigenvalue weighted by Crippen LogP contribution is 2.23. The molecule has 0 aliphatic carbocycles. The molecule has 0 spiro atoms. The van der Waals surface area contributed by atoms with Gasteiger partial charge in [0.15, 0.2) is 0 Å². The molecule has 1 atom stereocenters. The molecule has 1 fully saturated rings. The number of benzene rings is 1. The fraction of sp³-hybridized carbons (Fsp3) is 0.364. The van der Waals surface area contributed by atoms with Gasteiger partial charge in [0.25, 0.3) is 0 Å². The lowest BCUT2D eigenvalue weighted by molar-refractivity contribution is -0.120. The van der Waals surface area contributed by atoms with Crippen LogP contribution in [-0.2, 0) is 4.79 Å². The summed E-state index contributed by atoms with van der Waals surface area (Å²) in [7, 11) is 0. The Morgan fingerprint density at radius 2 is 2.00 bits per heavy atom. The Balaban J connectivity index is 2.25. The van der Waals surface area contributed by atoms with E-state index in [1.165, 1.54) is 5.56 Å². The maximum atomic E-state index is 11.3. The van der Waals surface area contributed by atoms with Gasteiger partial charge in [0.1, 0.15) is 0 Å². The van der Waals surface area contributed by atoms with E-state index in [1.807, 2.05) is 12.1 Å². The predicted octanol–water partition coefficient (Wildman–Crippen LogP) is 1.60. The van der Waals surface area contributed by atoms with E-state index in [9.17, 15) is 4.79 Å². The largest absolute Gasteiger partial charge is 0.356 e. The topological polar surface area (TPSA) is 29.1 Å². The highest BCUT2D eigenvalue weighted by molar-refractivity contribution is 5.85. The van der Waals surface area contributed by atoms with Crippen LogP contribution in [0.3, 0.4) is 0 Å². The standard InChI is InChI=1S/C11H13NO/c1-8-2-4-9(5-3-8)10-6-7-12-11(10)13/h2-5,10H,6-7H2,1H3,(H,12,13)/t10-/m0/s1. The fourth-order valence-corrected chi connectivity index (χ4v) is 1.71. The summed E-state index contributed by atoms with van der Waals surface area (Å²) in [6.07, 6.45) is 0.932. The van der Waals surface area contributed by atoms with Crippen LogP contribution in [0.2, 0.25) is 0 Å². The van der Waals surface area contributed by atoms with Crippen LogP contribution in [0.15, 0.2) is 24.3 Å². The molecule has 0 aromatic heterocycles. The molecule has 68 valence electrons. The Bertz CT molecular complexity index is 315. The smallest absolute Gasteiger partial charge is 0.227 e. The zero-order valence-electron chi connectivity index (χ0n) is 7.71. The second-order valence-corrected chi connectivity index (χ2v) is 3.54. The monoisotopic (exact) mass is 175 g/mol. The van der Waals surface area contributed by atoms with Crippen LogP contribution in [-0.4, -0.2) is 12.5 Å². The Kier molecular flexibility index (Phi) is 2.05. The first kappa shape index (κ1) is 8.30. The van der Waals surface area contributed by atoms with Gasteiger partial charge in [-0.3, -0.25) is 4.79 Å². The molecule has 0 saturated carbocycles. The van der Waals surface area contributed by atoms with E-state index < -0.39 is 0 Å². The quantitative estimate of drug-likeness (QED) is 0.690. The lowest BCUT2D eigenvalue weighted by Crippen LogP contribution is -2.17. The van der Waals surface area contributed by atoms with Gasteiger partial charge in [-0.15, -0.1) is 0 Å². The zero-order valence-corrected chi connectivity index (χ0v) is 7.71. The van der Waals surface area contributed by atoms with Crippen molar-refractivity contribution in [1.82, 2.24) is 5.32 Å². The number of rotatable bonds is 1. The van der Waals surface area contributed by atoms with Crippen molar-refractivity contribution < 1.29 is 4.79 Å². The molecular weight excluding hydrogens is 162 g/mol. The van der Waals surface area contributed by atoms with E-state index in [2.05, 4.69) is 24.4 Å². The van der Waals surface area contributed by atoms with E-state index in [-0.39, 0.29) is 11.8 Å². The molecule has 0 unspecified atom stereocenters. The first-order valence-corrected chi connectivity index (χ1v) is 4.61. The van der Waals surface area contributed by atoms with Gasteiger partial charge in [-0.2, -0.15) is 0 Å². The van der Waals surface area contributed by atoms with E-state index in [0.29, 0.717) is 0 Å². The second-order valence-electron chi connectivity index (χ2n) is 3.54. The molecule has 2 nitrogen and oxygen atoms in total. The molecule has 1 aliphatic rings. The number of hydrogen-bond donors (Lipinski definition) is 1. The van der Waals surface area contributed by atoms with Crippen molar-refractivity contribution in [2.75, 3.05) is 6.54 Å². The van der Waals surface area contributed by atoms with Crippen LogP contribution in [0, 0.1) is 6.92 Å². The van der Waals surface area contributed by atoms with Gasteiger partial charge >= 0.3 is 0 Å². The van der Waals surface area contributed by atoms with Gasteiger partial charge in [-0.25, -0.2) is 0 Å². The Morgan fingerprint density at radius 1 is 1.31 bits per heavy atom. The van der Waals surface area contributed by atoms with Crippen molar-refractivity contribution >= 4 is 5.91 Å². The summed E-state index contributed by atoms with van der Waals surface area (Å²) >= 11 is 0. The van der Waals surface area contributed by atoms with Gasteiger partial charge < -0.3 is 5.32 Å². The molecule has 0 radical (unpaired) electrons. The minimum atomic E-state index is 0.0839. The van der Waals surface area contributed by atoms with Gasteiger partial charge in [-0.05, 0) is 18.9 Å². The van der Waals surface area contributed by atoms with Crippen LogP contribution in [0.1, 0.15) is 23.5 Å². The number of carbonyl (C=O) groups is 1. The summed E-state index contributed by atoms with van der Waals surface area (Å²) in [4.78, 5) is 11.3. The molecule has 1 N–H and O–H groups in total. The maximum absolute atomic E-state index is 11.3. The van der Waals surface area contributed by atoms with Gasteiger partial charge in [0.05, 0.1) is 5.92 Å². The maximum Gasteiger partial charge on any atom is 0.227 e. The fourth-order valence-electron chi connectivity index (χ4n) is 1.71. The molecule has 2 heteroatoms. The average molecular weight is 175 g/mol. The van der Waals surface area contributed by atoms with Gasteiger partial charge in [0.2, 0.25) is 5.91 Å².